The van der Waals surface area contributed by atoms with E-state index in [1.807, 2.05) is 0 Å². The van der Waals surface area contributed by atoms with Crippen molar-refractivity contribution in [3.63, 3.8) is 0 Å². The Balaban J connectivity index is 2.39. The molecule has 0 spiro atoms. The van der Waals surface area contributed by atoms with Gasteiger partial charge in [-0.2, -0.15) is 15.0 Å². The van der Waals surface area contributed by atoms with Crippen molar-refractivity contribution in [3.8, 4) is 6.01 Å². The smallest absolute Gasteiger partial charge is 0.322 e. The molecule has 0 aliphatic carbocycles. The average Bonchev–Trinajstić information content (AvgIpc) is 2.33. The minimum atomic E-state index is -0.162. The summed E-state index contributed by atoms with van der Waals surface area (Å²) in [5.41, 5.74) is 5.47. The molecule has 0 aliphatic rings. The Morgan fingerprint density at radius 3 is 2.67 bits per heavy atom. The molecular weight excluding hydrogens is 238 g/mol. The van der Waals surface area contributed by atoms with Gasteiger partial charge in [-0.15, -0.1) is 0 Å². The molecule has 0 atom stereocenters. The third-order valence-electron chi connectivity index (χ3n) is 1.91. The molecule has 18 heavy (non-hydrogen) atoms. The second kappa shape index (κ2) is 6.42. The maximum absolute atomic E-state index is 11.2. The van der Waals surface area contributed by atoms with E-state index in [1.54, 1.807) is 14.1 Å². The van der Waals surface area contributed by atoms with Gasteiger partial charge in [0.05, 0.1) is 7.11 Å². The Morgan fingerprint density at radius 2 is 2.06 bits per heavy atom. The Kier molecular flexibility index (Phi) is 4.90. The van der Waals surface area contributed by atoms with Crippen LogP contribution in [-0.4, -0.2) is 60.2 Å². The number of ether oxygens (including phenoxy) is 1. The highest BCUT2D eigenvalue weighted by molar-refractivity contribution is 5.73. The van der Waals surface area contributed by atoms with E-state index >= 15 is 0 Å². The van der Waals surface area contributed by atoms with Gasteiger partial charge in [0.25, 0.3) is 0 Å². The quantitative estimate of drug-likeness (QED) is 0.586. The molecule has 100 valence electrons. The molecule has 1 heterocycles. The van der Waals surface area contributed by atoms with E-state index in [1.165, 1.54) is 12.0 Å². The van der Waals surface area contributed by atoms with Crippen molar-refractivity contribution in [1.82, 2.24) is 25.2 Å². The van der Waals surface area contributed by atoms with Crippen molar-refractivity contribution in [2.24, 2.45) is 0 Å². The normalized spacial score (nSPS) is 9.72. The maximum Gasteiger partial charge on any atom is 0.322 e. The van der Waals surface area contributed by atoms with E-state index < -0.39 is 0 Å². The van der Waals surface area contributed by atoms with Gasteiger partial charge in [-0.25, -0.2) is 4.79 Å². The van der Waals surface area contributed by atoms with Gasteiger partial charge >= 0.3 is 12.0 Å². The van der Waals surface area contributed by atoms with E-state index in [4.69, 9.17) is 10.5 Å². The van der Waals surface area contributed by atoms with Crippen molar-refractivity contribution >= 4 is 17.9 Å². The van der Waals surface area contributed by atoms with Gasteiger partial charge in [0.1, 0.15) is 0 Å². The fourth-order valence-corrected chi connectivity index (χ4v) is 1.04. The van der Waals surface area contributed by atoms with Crippen LogP contribution in [0.5, 0.6) is 6.01 Å². The molecule has 1 aromatic heterocycles. The first-order valence-corrected chi connectivity index (χ1v) is 5.27. The maximum atomic E-state index is 11.2. The summed E-state index contributed by atoms with van der Waals surface area (Å²) in [6.07, 6.45) is 0. The van der Waals surface area contributed by atoms with Gasteiger partial charge < -0.3 is 26.0 Å². The summed E-state index contributed by atoms with van der Waals surface area (Å²) in [6, 6.07) is -0.0214. The highest BCUT2D eigenvalue weighted by atomic mass is 16.5. The molecule has 0 saturated heterocycles. The van der Waals surface area contributed by atoms with E-state index in [2.05, 4.69) is 25.6 Å². The van der Waals surface area contributed by atoms with E-state index in [0.29, 0.717) is 19.0 Å². The largest absolute Gasteiger partial charge is 0.467 e. The van der Waals surface area contributed by atoms with E-state index in [9.17, 15) is 4.79 Å². The van der Waals surface area contributed by atoms with Crippen LogP contribution in [0.15, 0.2) is 0 Å². The fraction of sp³-hybridized carbons (Fsp3) is 0.556. The number of hydrogen-bond donors (Lipinski definition) is 3. The topological polar surface area (TPSA) is 118 Å². The van der Waals surface area contributed by atoms with Crippen LogP contribution in [0.3, 0.4) is 0 Å². The Morgan fingerprint density at radius 1 is 1.33 bits per heavy atom. The molecule has 0 unspecified atom stereocenters. The number of rotatable bonds is 5. The average molecular weight is 255 g/mol. The summed E-state index contributed by atoms with van der Waals surface area (Å²) in [6.45, 7) is 0.900. The number of methoxy groups -OCH3 is 1. The van der Waals surface area contributed by atoms with Crippen LogP contribution >= 0.6 is 0 Å². The van der Waals surface area contributed by atoms with Crippen LogP contribution in [0.4, 0.5) is 16.7 Å². The SMILES string of the molecule is COc1nc(N)nc(NCCNC(=O)N(C)C)n1. The first-order valence-electron chi connectivity index (χ1n) is 5.27. The summed E-state index contributed by atoms with van der Waals surface area (Å²) < 4.78 is 4.85. The van der Waals surface area contributed by atoms with Gasteiger partial charge in [0.15, 0.2) is 0 Å². The molecule has 1 rings (SSSR count). The molecule has 0 aliphatic heterocycles. The Bertz CT molecular complexity index is 410. The predicted molar refractivity (Wildman–Crippen MR) is 66.4 cm³/mol. The first-order chi connectivity index (χ1) is 8.52. The zero-order valence-corrected chi connectivity index (χ0v) is 10.6. The van der Waals surface area contributed by atoms with Crippen LogP contribution < -0.4 is 21.1 Å². The highest BCUT2D eigenvalue weighted by Crippen LogP contribution is 2.07. The molecule has 0 radical (unpaired) electrons. The van der Waals surface area contributed by atoms with Crippen LogP contribution in [-0.2, 0) is 0 Å². The molecule has 9 nitrogen and oxygen atoms in total. The lowest BCUT2D eigenvalue weighted by atomic mass is 10.6. The third-order valence-corrected chi connectivity index (χ3v) is 1.91. The summed E-state index contributed by atoms with van der Waals surface area (Å²) in [5, 5.41) is 5.59. The number of amides is 2. The van der Waals surface area contributed by atoms with Crippen molar-refractivity contribution < 1.29 is 9.53 Å². The zero-order chi connectivity index (χ0) is 13.5. The number of carbonyl (C=O) groups is 1. The third kappa shape index (κ3) is 4.28. The lowest BCUT2D eigenvalue weighted by Crippen LogP contribution is -2.37. The van der Waals surface area contributed by atoms with Gasteiger partial charge in [0, 0.05) is 27.2 Å². The number of nitrogen functional groups attached to an aromatic ring is 1. The standard InChI is InChI=1S/C9H17N7O2/c1-16(2)9(17)12-5-4-11-7-13-6(10)14-8(15-7)18-3/h4-5H2,1-3H3,(H,12,17)(H3,10,11,13,14,15). The molecular formula is C9H17N7O2. The van der Waals surface area contributed by atoms with Gasteiger partial charge in [-0.1, -0.05) is 0 Å². The van der Waals surface area contributed by atoms with Crippen LogP contribution in [0, 0.1) is 0 Å². The number of nitrogens with two attached hydrogens (primary N) is 1. The van der Waals surface area contributed by atoms with Crippen LogP contribution in [0.2, 0.25) is 0 Å². The fourth-order valence-electron chi connectivity index (χ4n) is 1.04. The molecule has 2 amide bonds. The number of anilines is 2. The van der Waals surface area contributed by atoms with Crippen LogP contribution in [0.1, 0.15) is 0 Å². The summed E-state index contributed by atoms with van der Waals surface area (Å²) in [4.78, 5) is 24.2. The number of nitrogens with zero attached hydrogens (tertiary/aromatic N) is 4. The second-order valence-electron chi connectivity index (χ2n) is 3.56. The van der Waals surface area contributed by atoms with Gasteiger partial charge in [-0.3, -0.25) is 0 Å². The summed E-state index contributed by atoms with van der Waals surface area (Å²) >= 11 is 0. The van der Waals surface area contributed by atoms with Crippen molar-refractivity contribution in [2.75, 3.05) is 45.3 Å². The Hall–Kier alpha value is -2.32. The van der Waals surface area contributed by atoms with Gasteiger partial charge in [0.2, 0.25) is 11.9 Å². The number of hydrogen-bond acceptors (Lipinski definition) is 7. The van der Waals surface area contributed by atoms with Crippen LogP contribution in [0.25, 0.3) is 0 Å². The molecule has 0 aromatic carbocycles. The molecule has 0 bridgehead atoms. The van der Waals surface area contributed by atoms with Crippen molar-refractivity contribution in [1.29, 1.82) is 0 Å². The number of aromatic nitrogens is 3. The van der Waals surface area contributed by atoms with E-state index in [0.717, 1.165) is 0 Å². The van der Waals surface area contributed by atoms with Crippen molar-refractivity contribution in [3.05, 3.63) is 0 Å². The zero-order valence-electron chi connectivity index (χ0n) is 10.6. The van der Waals surface area contributed by atoms with Gasteiger partial charge in [-0.05, 0) is 0 Å². The molecule has 0 saturated carbocycles. The second-order valence-corrected chi connectivity index (χ2v) is 3.56. The van der Waals surface area contributed by atoms with E-state index in [-0.39, 0.29) is 18.0 Å². The molecule has 1 aromatic rings. The van der Waals surface area contributed by atoms with Crippen molar-refractivity contribution in [2.45, 2.75) is 0 Å². The predicted octanol–water partition coefficient (Wildman–Crippen LogP) is -0.854. The minimum absolute atomic E-state index is 0.0710. The first kappa shape index (κ1) is 13.7. The summed E-state index contributed by atoms with van der Waals surface area (Å²) in [7, 11) is 4.77. The number of nitrogens with one attached hydrogen (secondary N) is 2. The molecule has 9 heteroatoms. The molecule has 4 N–H and O–H groups in total. The lowest BCUT2D eigenvalue weighted by molar-refractivity contribution is 0.218. The minimum Gasteiger partial charge on any atom is -0.467 e. The lowest BCUT2D eigenvalue weighted by Gasteiger charge is -2.12. The summed E-state index contributed by atoms with van der Waals surface area (Å²) in [5.74, 6) is 0.375. The molecule has 0 fully saturated rings. The highest BCUT2D eigenvalue weighted by Gasteiger charge is 2.04. The number of carbonyl (C=O) groups excluding carboxylic acids is 1. The number of urea groups is 1. The Labute approximate surface area is 105 Å². The monoisotopic (exact) mass is 255 g/mol.